The summed E-state index contributed by atoms with van der Waals surface area (Å²) in [6.07, 6.45) is 0.845. The molecule has 6 nitrogen and oxygen atoms in total. The number of sulfonamides is 1. The molecule has 0 saturated carbocycles. The predicted molar refractivity (Wildman–Crippen MR) is 107 cm³/mol. The highest BCUT2D eigenvalue weighted by Crippen LogP contribution is 2.26. The Hall–Kier alpha value is -2.03. The molecule has 144 valence electrons. The molecule has 0 unspecified atom stereocenters. The fraction of sp³-hybridized carbons (Fsp3) is 0.316. The number of para-hydroxylation sites is 1. The Morgan fingerprint density at radius 2 is 1.96 bits per heavy atom. The van der Waals surface area contributed by atoms with Gasteiger partial charge in [0, 0.05) is 19.8 Å². The highest BCUT2D eigenvalue weighted by atomic mass is 32.2. The van der Waals surface area contributed by atoms with Gasteiger partial charge in [0.05, 0.1) is 11.5 Å². The normalized spacial score (nSPS) is 12.0. The van der Waals surface area contributed by atoms with E-state index >= 15 is 0 Å². The van der Waals surface area contributed by atoms with Gasteiger partial charge in [0.2, 0.25) is 10.0 Å². The van der Waals surface area contributed by atoms with Gasteiger partial charge < -0.3 is 9.15 Å². The summed E-state index contributed by atoms with van der Waals surface area (Å²) >= 11 is 1.49. The largest absolute Gasteiger partial charge is 0.493 e. The summed E-state index contributed by atoms with van der Waals surface area (Å²) in [5.74, 6) is 1.70. The number of aromatic nitrogens is 1. The van der Waals surface area contributed by atoms with Crippen LogP contribution in [0, 0.1) is 6.92 Å². The van der Waals surface area contributed by atoms with Gasteiger partial charge in [0.15, 0.2) is 5.58 Å². The molecule has 2 aromatic carbocycles. The number of aryl methyl sites for hydroxylation is 1. The van der Waals surface area contributed by atoms with Gasteiger partial charge in [-0.15, -0.1) is 0 Å². The zero-order chi connectivity index (χ0) is 19.4. The SMILES string of the molecule is Cc1ccccc1OCCCSc1nc2cc(S(=O)(=O)N(C)C)ccc2o1. The zero-order valence-electron chi connectivity index (χ0n) is 15.5. The third-order valence-electron chi connectivity index (χ3n) is 3.98. The highest BCUT2D eigenvalue weighted by molar-refractivity contribution is 7.99. The molecule has 0 atom stereocenters. The van der Waals surface area contributed by atoms with Crippen LogP contribution in [0.2, 0.25) is 0 Å². The molecular formula is C19H22N2O4S2. The second kappa shape index (κ2) is 8.33. The molecule has 0 N–H and O–H groups in total. The molecular weight excluding hydrogens is 384 g/mol. The summed E-state index contributed by atoms with van der Waals surface area (Å²) in [4.78, 5) is 4.59. The van der Waals surface area contributed by atoms with E-state index in [1.165, 1.54) is 36.2 Å². The van der Waals surface area contributed by atoms with E-state index in [1.807, 2.05) is 31.2 Å². The molecule has 1 heterocycles. The Morgan fingerprint density at radius 1 is 1.19 bits per heavy atom. The van der Waals surface area contributed by atoms with E-state index in [0.717, 1.165) is 23.5 Å². The molecule has 0 aliphatic heterocycles. The average Bonchev–Trinajstić information content (AvgIpc) is 3.04. The summed E-state index contributed by atoms with van der Waals surface area (Å²) in [6, 6.07) is 12.6. The molecule has 0 aliphatic rings. The summed E-state index contributed by atoms with van der Waals surface area (Å²) in [7, 11) is -0.480. The Morgan fingerprint density at radius 3 is 2.70 bits per heavy atom. The summed E-state index contributed by atoms with van der Waals surface area (Å²) in [5, 5.41) is 0.528. The summed E-state index contributed by atoms with van der Waals surface area (Å²) in [5.41, 5.74) is 2.23. The van der Waals surface area contributed by atoms with Crippen molar-refractivity contribution in [1.29, 1.82) is 0 Å². The Kier molecular flexibility index (Phi) is 6.08. The number of nitrogens with zero attached hydrogens (tertiary/aromatic N) is 2. The van der Waals surface area contributed by atoms with Crippen LogP contribution in [0.5, 0.6) is 5.75 Å². The van der Waals surface area contributed by atoms with Crippen molar-refractivity contribution in [3.8, 4) is 5.75 Å². The van der Waals surface area contributed by atoms with Gasteiger partial charge in [0.1, 0.15) is 11.3 Å². The van der Waals surface area contributed by atoms with Gasteiger partial charge in [-0.05, 0) is 43.2 Å². The highest BCUT2D eigenvalue weighted by Gasteiger charge is 2.18. The Labute approximate surface area is 163 Å². The number of rotatable bonds is 8. The van der Waals surface area contributed by atoms with E-state index in [1.54, 1.807) is 12.1 Å². The molecule has 0 fully saturated rings. The molecule has 0 radical (unpaired) electrons. The van der Waals surface area contributed by atoms with Crippen molar-refractivity contribution in [3.63, 3.8) is 0 Å². The van der Waals surface area contributed by atoms with Crippen molar-refractivity contribution < 1.29 is 17.6 Å². The van der Waals surface area contributed by atoms with E-state index in [-0.39, 0.29) is 4.90 Å². The van der Waals surface area contributed by atoms with Gasteiger partial charge in [-0.3, -0.25) is 0 Å². The fourth-order valence-electron chi connectivity index (χ4n) is 2.44. The lowest BCUT2D eigenvalue weighted by atomic mass is 10.2. The van der Waals surface area contributed by atoms with Gasteiger partial charge in [0.25, 0.3) is 5.22 Å². The third kappa shape index (κ3) is 4.63. The minimum absolute atomic E-state index is 0.205. The number of hydrogen-bond acceptors (Lipinski definition) is 6. The zero-order valence-corrected chi connectivity index (χ0v) is 17.1. The third-order valence-corrected chi connectivity index (χ3v) is 6.71. The van der Waals surface area contributed by atoms with Gasteiger partial charge >= 0.3 is 0 Å². The van der Waals surface area contributed by atoms with Crippen LogP contribution < -0.4 is 4.74 Å². The fourth-order valence-corrected chi connectivity index (χ4v) is 4.11. The number of fused-ring (bicyclic) bond motifs is 1. The molecule has 0 bridgehead atoms. The Balaban J connectivity index is 1.57. The second-order valence-corrected chi connectivity index (χ2v) is 9.41. The van der Waals surface area contributed by atoms with Crippen LogP contribution in [0.15, 0.2) is 57.0 Å². The quantitative estimate of drug-likeness (QED) is 0.417. The molecule has 0 saturated heterocycles. The standard InChI is InChI=1S/C19H22N2O4S2/c1-14-7-4-5-8-17(14)24-11-6-12-26-19-20-16-13-15(9-10-18(16)25-19)27(22,23)21(2)3/h4-5,7-10,13H,6,11-12H2,1-3H3. The van der Waals surface area contributed by atoms with Crippen molar-refractivity contribution >= 4 is 32.9 Å². The minimum atomic E-state index is -3.48. The van der Waals surface area contributed by atoms with Crippen LogP contribution in [-0.4, -0.2) is 44.2 Å². The van der Waals surface area contributed by atoms with E-state index in [9.17, 15) is 8.42 Å². The van der Waals surface area contributed by atoms with Crippen molar-refractivity contribution in [3.05, 3.63) is 48.0 Å². The Bertz CT molecular complexity index is 1030. The van der Waals surface area contributed by atoms with Crippen LogP contribution in [0.4, 0.5) is 0 Å². The minimum Gasteiger partial charge on any atom is -0.493 e. The smallest absolute Gasteiger partial charge is 0.256 e. The summed E-state index contributed by atoms with van der Waals surface area (Å²) < 4.78 is 37.1. The topological polar surface area (TPSA) is 72.6 Å². The van der Waals surface area contributed by atoms with Crippen LogP contribution in [0.3, 0.4) is 0 Å². The van der Waals surface area contributed by atoms with Crippen LogP contribution in [0.1, 0.15) is 12.0 Å². The second-order valence-electron chi connectivity index (χ2n) is 6.21. The number of hydrogen-bond donors (Lipinski definition) is 0. The molecule has 27 heavy (non-hydrogen) atoms. The first-order chi connectivity index (χ1) is 12.9. The molecule has 0 amide bonds. The number of benzene rings is 2. The maximum absolute atomic E-state index is 12.2. The summed E-state index contributed by atoms with van der Waals surface area (Å²) in [6.45, 7) is 2.64. The van der Waals surface area contributed by atoms with Crippen molar-refractivity contribution in [2.24, 2.45) is 0 Å². The van der Waals surface area contributed by atoms with Crippen molar-refractivity contribution in [1.82, 2.24) is 9.29 Å². The van der Waals surface area contributed by atoms with Crippen molar-refractivity contribution in [2.45, 2.75) is 23.5 Å². The lowest BCUT2D eigenvalue weighted by molar-refractivity contribution is 0.316. The average molecular weight is 407 g/mol. The maximum Gasteiger partial charge on any atom is 0.256 e. The van der Waals surface area contributed by atoms with E-state index in [0.29, 0.717) is 22.9 Å². The van der Waals surface area contributed by atoms with Crippen LogP contribution in [-0.2, 0) is 10.0 Å². The van der Waals surface area contributed by atoms with Crippen LogP contribution in [0.25, 0.3) is 11.1 Å². The maximum atomic E-state index is 12.2. The predicted octanol–water partition coefficient (Wildman–Crippen LogP) is 3.95. The van der Waals surface area contributed by atoms with E-state index in [2.05, 4.69) is 4.98 Å². The molecule has 1 aromatic heterocycles. The van der Waals surface area contributed by atoms with Crippen molar-refractivity contribution in [2.75, 3.05) is 26.5 Å². The number of thioether (sulfide) groups is 1. The van der Waals surface area contributed by atoms with Crippen LogP contribution >= 0.6 is 11.8 Å². The lowest BCUT2D eigenvalue weighted by Crippen LogP contribution is -2.22. The number of ether oxygens (including phenoxy) is 1. The molecule has 0 spiro atoms. The molecule has 3 aromatic rings. The molecule has 3 rings (SSSR count). The molecule has 8 heteroatoms. The monoisotopic (exact) mass is 406 g/mol. The van der Waals surface area contributed by atoms with Gasteiger partial charge in [-0.2, -0.15) is 0 Å². The van der Waals surface area contributed by atoms with E-state index < -0.39 is 10.0 Å². The first-order valence-electron chi connectivity index (χ1n) is 8.52. The van der Waals surface area contributed by atoms with Gasteiger partial charge in [-0.1, -0.05) is 30.0 Å². The molecule has 0 aliphatic carbocycles. The number of oxazole rings is 1. The van der Waals surface area contributed by atoms with Gasteiger partial charge in [-0.25, -0.2) is 17.7 Å². The first-order valence-corrected chi connectivity index (χ1v) is 10.9. The lowest BCUT2D eigenvalue weighted by Gasteiger charge is -2.10. The first kappa shape index (κ1) is 19.7. The van der Waals surface area contributed by atoms with E-state index in [4.69, 9.17) is 9.15 Å².